The zero-order valence-electron chi connectivity index (χ0n) is 45.2. The van der Waals surface area contributed by atoms with E-state index < -0.39 is 175 Å². The van der Waals surface area contributed by atoms with Crippen LogP contribution in [0.3, 0.4) is 0 Å². The van der Waals surface area contributed by atoms with Gasteiger partial charge in [0.2, 0.25) is 5.91 Å². The third-order valence-corrected chi connectivity index (χ3v) is 10.6. The summed E-state index contributed by atoms with van der Waals surface area (Å²) >= 11 is 0. The van der Waals surface area contributed by atoms with Gasteiger partial charge in [0, 0.05) is 19.0 Å². The van der Waals surface area contributed by atoms with E-state index in [0.717, 1.165) is 0 Å². The van der Waals surface area contributed by atoms with Crippen LogP contribution in [0.15, 0.2) is 0 Å². The van der Waals surface area contributed by atoms with E-state index in [4.69, 9.17) is 42.6 Å². The Balaban J connectivity index is 2.22. The summed E-state index contributed by atoms with van der Waals surface area (Å²) in [6.07, 6.45) is -25.2. The van der Waals surface area contributed by atoms with Gasteiger partial charge in [-0.2, -0.15) is 0 Å². The number of carbonyl (C=O) groups excluding carboxylic acids is 6. The Morgan fingerprint density at radius 2 is 0.808 bits per heavy atom. The molecular weight excluding hydrogens is 969 g/mol. The number of amides is 6. The molecule has 1 aliphatic carbocycles. The van der Waals surface area contributed by atoms with E-state index in [1.54, 1.807) is 118 Å². The fraction of sp³-hybridized carbons (Fsp3) is 0.872. The van der Waals surface area contributed by atoms with Crippen molar-refractivity contribution in [3.05, 3.63) is 0 Å². The highest BCUT2D eigenvalue weighted by atomic mass is 16.7. The van der Waals surface area contributed by atoms with Gasteiger partial charge in [-0.25, -0.2) is 24.0 Å². The van der Waals surface area contributed by atoms with Gasteiger partial charge in [-0.15, -0.1) is 0 Å². The molecule has 3 rings (SSSR count). The molecule has 15 unspecified atom stereocenters. The Morgan fingerprint density at radius 3 is 1.23 bits per heavy atom. The van der Waals surface area contributed by atoms with Crippen molar-refractivity contribution in [2.45, 2.75) is 244 Å². The molecule has 11 N–H and O–H groups in total. The van der Waals surface area contributed by atoms with E-state index in [1.807, 2.05) is 0 Å². The van der Waals surface area contributed by atoms with Gasteiger partial charge >= 0.3 is 30.5 Å². The van der Waals surface area contributed by atoms with Gasteiger partial charge in [0.15, 0.2) is 12.6 Å². The third kappa shape index (κ3) is 20.6. The van der Waals surface area contributed by atoms with Crippen LogP contribution >= 0.6 is 0 Å². The quantitative estimate of drug-likeness (QED) is 0.116. The minimum Gasteiger partial charge on any atom is -0.444 e. The van der Waals surface area contributed by atoms with Gasteiger partial charge in [-0.05, 0) is 110 Å². The first-order chi connectivity index (χ1) is 33.1. The second-order valence-corrected chi connectivity index (χ2v) is 23.6. The van der Waals surface area contributed by atoms with Crippen LogP contribution in [0, 0.1) is 5.92 Å². The maximum atomic E-state index is 13.6. The van der Waals surface area contributed by atoms with Crippen molar-refractivity contribution in [2.24, 2.45) is 5.92 Å². The normalized spacial score (nSPS) is 31.2. The maximum Gasteiger partial charge on any atom is 0.408 e. The first-order valence-corrected chi connectivity index (χ1v) is 24.4. The molecule has 422 valence electrons. The van der Waals surface area contributed by atoms with Gasteiger partial charge < -0.3 is 100 Å². The van der Waals surface area contributed by atoms with Crippen LogP contribution in [0.25, 0.3) is 0 Å². The lowest BCUT2D eigenvalue weighted by Gasteiger charge is -2.50. The van der Waals surface area contributed by atoms with Crippen LogP contribution in [0.5, 0.6) is 0 Å². The first kappa shape index (κ1) is 62.8. The Bertz CT molecular complexity index is 1870. The number of hydrogen-bond acceptors (Lipinski definition) is 20. The molecule has 6 amide bonds. The fourth-order valence-corrected chi connectivity index (χ4v) is 7.61. The first-order valence-electron chi connectivity index (χ1n) is 24.4. The number of nitrogens with one attached hydrogen (secondary N) is 6. The minimum absolute atomic E-state index is 0.374. The molecule has 0 aromatic carbocycles. The summed E-state index contributed by atoms with van der Waals surface area (Å²) in [4.78, 5) is 79.1. The molecule has 3 fully saturated rings. The Labute approximate surface area is 427 Å². The monoisotopic (exact) mass is 1050 g/mol. The summed E-state index contributed by atoms with van der Waals surface area (Å²) in [7, 11) is 0. The molecule has 26 heteroatoms. The molecule has 0 aromatic rings. The van der Waals surface area contributed by atoms with E-state index in [0.29, 0.717) is 0 Å². The second-order valence-electron chi connectivity index (χ2n) is 23.6. The maximum absolute atomic E-state index is 13.6. The highest BCUT2D eigenvalue weighted by Crippen LogP contribution is 2.34. The molecule has 3 aliphatic rings. The second kappa shape index (κ2) is 24.9. The summed E-state index contributed by atoms with van der Waals surface area (Å²) < 4.78 is 52.4. The largest absolute Gasteiger partial charge is 0.444 e. The predicted octanol–water partition coefficient (Wildman–Crippen LogP) is 1.28. The Kier molecular flexibility index (Phi) is 21.4. The zero-order valence-corrected chi connectivity index (χ0v) is 45.2. The SMILES string of the molecule is CC(C)C(=O)NCC1OC(OC2C(NC(=O)OC(C)(C)C)CC(NC(=O)OC(C)(C)C)C(OC3OC(CNC(=O)OC(C)(C)C)C(O)C(O)C3NC(=O)OC(C)(C)C)C2O)C(O)C(NC(=O)OC(C)(C)C)C1O. The molecule has 0 bridgehead atoms. The fourth-order valence-electron chi connectivity index (χ4n) is 7.61. The molecule has 0 spiro atoms. The zero-order chi connectivity index (χ0) is 55.9. The Morgan fingerprint density at radius 1 is 0.452 bits per heavy atom. The average molecular weight is 1050 g/mol. The number of ether oxygens (including phenoxy) is 9. The molecule has 15 atom stereocenters. The van der Waals surface area contributed by atoms with Crippen LogP contribution in [0.4, 0.5) is 24.0 Å². The number of aliphatic hydroxyl groups excluding tert-OH is 5. The molecule has 2 aliphatic heterocycles. The average Bonchev–Trinajstić information content (AvgIpc) is 3.18. The molecule has 73 heavy (non-hydrogen) atoms. The summed E-state index contributed by atoms with van der Waals surface area (Å²) in [5, 5.41) is 74.3. The van der Waals surface area contributed by atoms with Crippen LogP contribution in [-0.4, -0.2) is 195 Å². The molecule has 2 heterocycles. The highest BCUT2D eigenvalue weighted by Gasteiger charge is 2.55. The van der Waals surface area contributed by atoms with Crippen LogP contribution in [0.1, 0.15) is 124 Å². The lowest BCUT2D eigenvalue weighted by Crippen LogP contribution is -2.71. The molecular formula is C47H84N6O20. The van der Waals surface area contributed by atoms with Gasteiger partial charge in [0.1, 0.15) is 89.0 Å². The van der Waals surface area contributed by atoms with Crippen molar-refractivity contribution in [2.75, 3.05) is 13.1 Å². The lowest BCUT2D eigenvalue weighted by atomic mass is 9.83. The van der Waals surface area contributed by atoms with Gasteiger partial charge in [-0.1, -0.05) is 13.8 Å². The van der Waals surface area contributed by atoms with Crippen molar-refractivity contribution in [1.29, 1.82) is 0 Å². The number of rotatable bonds is 13. The molecule has 0 radical (unpaired) electrons. The highest BCUT2D eigenvalue weighted by molar-refractivity contribution is 5.77. The van der Waals surface area contributed by atoms with Crippen LogP contribution < -0.4 is 31.9 Å². The molecule has 0 aromatic heterocycles. The van der Waals surface area contributed by atoms with Crippen molar-refractivity contribution in [3.8, 4) is 0 Å². The number of hydrogen-bond donors (Lipinski definition) is 11. The molecule has 1 saturated carbocycles. The van der Waals surface area contributed by atoms with Crippen molar-refractivity contribution >= 4 is 36.4 Å². The lowest BCUT2D eigenvalue weighted by molar-refractivity contribution is -0.320. The van der Waals surface area contributed by atoms with Crippen molar-refractivity contribution < 1.29 is 96.9 Å². The van der Waals surface area contributed by atoms with Crippen molar-refractivity contribution in [1.82, 2.24) is 31.9 Å². The number of aliphatic hydroxyl groups is 5. The Hall–Kier alpha value is -4.54. The van der Waals surface area contributed by atoms with Crippen LogP contribution in [-0.2, 0) is 47.4 Å². The van der Waals surface area contributed by atoms with E-state index in [1.165, 1.54) is 0 Å². The summed E-state index contributed by atoms with van der Waals surface area (Å²) in [5.41, 5.74) is -5.14. The van der Waals surface area contributed by atoms with E-state index >= 15 is 0 Å². The smallest absolute Gasteiger partial charge is 0.408 e. The summed E-state index contributed by atoms with van der Waals surface area (Å²) in [6.45, 7) is 26.3. The standard InChI is InChI=1S/C47H84N6O20/c1-21(2)35(59)48-19-24-28(54)26(52-41(63)72-46(12,13)14)31(57)37(66-24)68-34-23(51-40(62)71-45(9,10)11)18-22(50-39(61)70-44(6,7)8)33(32(34)58)67-36-27(53-42(64)73-47(15,16)17)30(56)29(55)25(65-36)20-49-38(60)69-43(3,4)5/h21-34,36-37,54-58H,18-20H2,1-17H3,(H,48,59)(H,49,60)(H,50,61)(H,51,62)(H,52,63)(H,53,64). The predicted molar refractivity (Wildman–Crippen MR) is 256 cm³/mol. The summed E-state index contributed by atoms with van der Waals surface area (Å²) in [6, 6.07) is -6.13. The number of alkyl carbamates (subject to hydrolysis) is 5. The minimum atomic E-state index is -2.07. The van der Waals surface area contributed by atoms with E-state index in [2.05, 4.69) is 31.9 Å². The van der Waals surface area contributed by atoms with E-state index in [9.17, 15) is 54.3 Å². The van der Waals surface area contributed by atoms with Gasteiger partial charge in [-0.3, -0.25) is 4.79 Å². The molecule has 2 saturated heterocycles. The van der Waals surface area contributed by atoms with Gasteiger partial charge in [0.25, 0.3) is 0 Å². The van der Waals surface area contributed by atoms with Crippen molar-refractivity contribution in [3.63, 3.8) is 0 Å². The van der Waals surface area contributed by atoms with Gasteiger partial charge in [0.05, 0.1) is 18.1 Å². The summed E-state index contributed by atoms with van der Waals surface area (Å²) in [5.74, 6) is -0.938. The van der Waals surface area contributed by atoms with E-state index in [-0.39, 0.29) is 6.54 Å². The molecule has 26 nitrogen and oxygen atoms in total. The van der Waals surface area contributed by atoms with Crippen LogP contribution in [0.2, 0.25) is 0 Å². The topological polar surface area (TPSA) is 359 Å². The third-order valence-electron chi connectivity index (χ3n) is 10.6. The number of carbonyl (C=O) groups is 6.